The maximum Gasteiger partial charge on any atom is 0.338 e. The molecule has 0 unspecified atom stereocenters. The molecule has 0 aliphatic rings. The van der Waals surface area contributed by atoms with Gasteiger partial charge in [-0.2, -0.15) is 0 Å². The molecule has 1 atom stereocenters. The number of ketones is 1. The van der Waals surface area contributed by atoms with Gasteiger partial charge >= 0.3 is 5.97 Å². The summed E-state index contributed by atoms with van der Waals surface area (Å²) in [5.41, 5.74) is 3.03. The Bertz CT molecular complexity index is 975. The lowest BCUT2D eigenvalue weighted by Crippen LogP contribution is -2.24. The summed E-state index contributed by atoms with van der Waals surface area (Å²) < 4.78 is 11.1. The summed E-state index contributed by atoms with van der Waals surface area (Å²) >= 11 is 0. The van der Waals surface area contributed by atoms with Crippen LogP contribution in [0.5, 0.6) is 11.5 Å². The van der Waals surface area contributed by atoms with Crippen LogP contribution in [0.4, 0.5) is 0 Å². The third-order valence-corrected chi connectivity index (χ3v) is 4.51. The van der Waals surface area contributed by atoms with Crippen LogP contribution in [0.15, 0.2) is 72.8 Å². The van der Waals surface area contributed by atoms with Crippen molar-refractivity contribution in [3.63, 3.8) is 0 Å². The van der Waals surface area contributed by atoms with Crippen molar-refractivity contribution >= 4 is 11.8 Å². The summed E-state index contributed by atoms with van der Waals surface area (Å²) in [5, 5.41) is 0. The van der Waals surface area contributed by atoms with Crippen molar-refractivity contribution in [2.45, 2.75) is 26.9 Å². The zero-order valence-corrected chi connectivity index (χ0v) is 16.1. The standard InChI is InChI=1S/C24H22O4/c1-16-9-10-20(15-17(16)2)23(25)18(3)27-24(26)19-11-13-22(14-12-19)28-21-7-5-4-6-8-21/h4-15,18H,1-3H3/t18-/m0/s1. The van der Waals surface area contributed by atoms with E-state index in [2.05, 4.69) is 0 Å². The van der Waals surface area contributed by atoms with E-state index in [1.165, 1.54) is 0 Å². The lowest BCUT2D eigenvalue weighted by molar-refractivity contribution is 0.0319. The molecule has 0 spiro atoms. The fourth-order valence-electron chi connectivity index (χ4n) is 2.70. The average Bonchev–Trinajstić information content (AvgIpc) is 2.70. The number of hydrogen-bond acceptors (Lipinski definition) is 4. The van der Waals surface area contributed by atoms with Crippen LogP contribution in [0.2, 0.25) is 0 Å². The highest BCUT2D eigenvalue weighted by Gasteiger charge is 2.20. The molecule has 0 aliphatic carbocycles. The van der Waals surface area contributed by atoms with Gasteiger partial charge < -0.3 is 9.47 Å². The molecule has 4 heteroatoms. The van der Waals surface area contributed by atoms with Crippen LogP contribution >= 0.6 is 0 Å². The van der Waals surface area contributed by atoms with Crippen molar-refractivity contribution in [3.8, 4) is 11.5 Å². The summed E-state index contributed by atoms with van der Waals surface area (Å²) in [6.07, 6.45) is -0.866. The Hall–Kier alpha value is -3.40. The van der Waals surface area contributed by atoms with Crippen molar-refractivity contribution in [2.24, 2.45) is 0 Å². The van der Waals surface area contributed by atoms with Crippen LogP contribution in [0.3, 0.4) is 0 Å². The van der Waals surface area contributed by atoms with Crippen LogP contribution in [0.25, 0.3) is 0 Å². The summed E-state index contributed by atoms with van der Waals surface area (Å²) in [4.78, 5) is 24.9. The van der Waals surface area contributed by atoms with E-state index in [0.29, 0.717) is 22.6 Å². The summed E-state index contributed by atoms with van der Waals surface area (Å²) in [6, 6.07) is 21.5. The highest BCUT2D eigenvalue weighted by Crippen LogP contribution is 2.22. The highest BCUT2D eigenvalue weighted by molar-refractivity contribution is 6.01. The molecule has 0 N–H and O–H groups in total. The molecule has 3 aromatic carbocycles. The van der Waals surface area contributed by atoms with Gasteiger partial charge in [-0.15, -0.1) is 0 Å². The number of Topliss-reactive ketones (excluding diaryl/α,β-unsaturated/α-hetero) is 1. The zero-order chi connectivity index (χ0) is 20.1. The topological polar surface area (TPSA) is 52.6 Å². The molecular weight excluding hydrogens is 352 g/mol. The van der Waals surface area contributed by atoms with Gasteiger partial charge in [0.2, 0.25) is 5.78 Å². The molecule has 0 fully saturated rings. The second-order valence-electron chi connectivity index (χ2n) is 6.65. The molecule has 0 saturated carbocycles. The first-order chi connectivity index (χ1) is 13.4. The van der Waals surface area contributed by atoms with Gasteiger partial charge in [-0.1, -0.05) is 30.3 Å². The number of esters is 1. The first kappa shape index (κ1) is 19.4. The van der Waals surface area contributed by atoms with Crippen LogP contribution in [-0.4, -0.2) is 17.9 Å². The number of carbonyl (C=O) groups excluding carboxylic acids is 2. The minimum atomic E-state index is -0.866. The lowest BCUT2D eigenvalue weighted by atomic mass is 10.0. The smallest absolute Gasteiger partial charge is 0.338 e. The van der Waals surface area contributed by atoms with E-state index < -0.39 is 12.1 Å². The molecule has 4 nitrogen and oxygen atoms in total. The Morgan fingerprint density at radius 1 is 0.750 bits per heavy atom. The van der Waals surface area contributed by atoms with Crippen LogP contribution in [-0.2, 0) is 4.74 Å². The Morgan fingerprint density at radius 3 is 2.00 bits per heavy atom. The number of hydrogen-bond donors (Lipinski definition) is 0. The molecule has 3 rings (SSSR count). The minimum Gasteiger partial charge on any atom is -0.457 e. The molecule has 0 radical (unpaired) electrons. The predicted octanol–water partition coefficient (Wildman–Crippen LogP) is 5.52. The van der Waals surface area contributed by atoms with Gasteiger partial charge in [0.05, 0.1) is 5.56 Å². The van der Waals surface area contributed by atoms with Crippen LogP contribution < -0.4 is 4.74 Å². The Kier molecular flexibility index (Phi) is 5.90. The molecule has 0 bridgehead atoms. The predicted molar refractivity (Wildman–Crippen MR) is 108 cm³/mol. The lowest BCUT2D eigenvalue weighted by Gasteiger charge is -2.13. The van der Waals surface area contributed by atoms with E-state index in [1.807, 2.05) is 56.3 Å². The summed E-state index contributed by atoms with van der Waals surface area (Å²) in [6.45, 7) is 5.52. The fourth-order valence-corrected chi connectivity index (χ4v) is 2.70. The number of aryl methyl sites for hydroxylation is 2. The summed E-state index contributed by atoms with van der Waals surface area (Å²) in [7, 11) is 0. The van der Waals surface area contributed by atoms with Crippen molar-refractivity contribution in [3.05, 3.63) is 95.1 Å². The number of benzene rings is 3. The van der Waals surface area contributed by atoms with Crippen LogP contribution in [0, 0.1) is 13.8 Å². The minimum absolute atomic E-state index is 0.222. The van der Waals surface area contributed by atoms with Crippen LogP contribution in [0.1, 0.15) is 38.8 Å². The van der Waals surface area contributed by atoms with Crippen molar-refractivity contribution in [1.29, 1.82) is 0 Å². The third kappa shape index (κ3) is 4.65. The first-order valence-corrected chi connectivity index (χ1v) is 9.09. The molecule has 28 heavy (non-hydrogen) atoms. The number of para-hydroxylation sites is 1. The molecule has 0 aliphatic heterocycles. The molecule has 0 amide bonds. The second-order valence-corrected chi connectivity index (χ2v) is 6.65. The zero-order valence-electron chi connectivity index (χ0n) is 16.1. The normalized spacial score (nSPS) is 11.5. The van der Waals surface area contributed by atoms with Crippen molar-refractivity contribution < 1.29 is 19.1 Å². The van der Waals surface area contributed by atoms with E-state index in [1.54, 1.807) is 37.3 Å². The van der Waals surface area contributed by atoms with E-state index in [-0.39, 0.29) is 5.78 Å². The highest BCUT2D eigenvalue weighted by atomic mass is 16.5. The van der Waals surface area contributed by atoms with Gasteiger partial charge in [-0.3, -0.25) is 4.79 Å². The first-order valence-electron chi connectivity index (χ1n) is 9.09. The van der Waals surface area contributed by atoms with Gasteiger partial charge in [0.25, 0.3) is 0 Å². The van der Waals surface area contributed by atoms with E-state index in [4.69, 9.17) is 9.47 Å². The molecular formula is C24H22O4. The Balaban J connectivity index is 1.63. The molecule has 0 heterocycles. The largest absolute Gasteiger partial charge is 0.457 e. The average molecular weight is 374 g/mol. The molecule has 3 aromatic rings. The monoisotopic (exact) mass is 374 g/mol. The maximum absolute atomic E-state index is 12.5. The fraction of sp³-hybridized carbons (Fsp3) is 0.167. The van der Waals surface area contributed by atoms with Gasteiger partial charge in [0, 0.05) is 5.56 Å². The Labute approximate surface area is 164 Å². The molecule has 0 saturated heterocycles. The van der Waals surface area contributed by atoms with Crippen molar-refractivity contribution in [2.75, 3.05) is 0 Å². The van der Waals surface area contributed by atoms with Gasteiger partial charge in [0.1, 0.15) is 11.5 Å². The number of carbonyl (C=O) groups is 2. The van der Waals surface area contributed by atoms with Gasteiger partial charge in [-0.25, -0.2) is 4.79 Å². The second kappa shape index (κ2) is 8.53. The molecule has 142 valence electrons. The third-order valence-electron chi connectivity index (χ3n) is 4.51. The number of ether oxygens (including phenoxy) is 2. The summed E-state index contributed by atoms with van der Waals surface area (Å²) in [5.74, 6) is 0.559. The van der Waals surface area contributed by atoms with E-state index in [0.717, 1.165) is 11.1 Å². The van der Waals surface area contributed by atoms with Gasteiger partial charge in [-0.05, 0) is 74.4 Å². The maximum atomic E-state index is 12.5. The quantitative estimate of drug-likeness (QED) is 0.421. The van der Waals surface area contributed by atoms with E-state index >= 15 is 0 Å². The molecule has 0 aromatic heterocycles. The van der Waals surface area contributed by atoms with Crippen molar-refractivity contribution in [1.82, 2.24) is 0 Å². The van der Waals surface area contributed by atoms with E-state index in [9.17, 15) is 9.59 Å². The SMILES string of the molecule is Cc1ccc(C(=O)[C@H](C)OC(=O)c2ccc(Oc3ccccc3)cc2)cc1C. The Morgan fingerprint density at radius 2 is 1.36 bits per heavy atom. The number of rotatable bonds is 6. The van der Waals surface area contributed by atoms with Gasteiger partial charge in [0.15, 0.2) is 6.10 Å².